The van der Waals surface area contributed by atoms with Crippen LogP contribution in [0.15, 0.2) is 49.0 Å². The highest BCUT2D eigenvalue weighted by atomic mass is 19.4. The second kappa shape index (κ2) is 11.0. The monoisotopic (exact) mass is 570 g/mol. The first-order chi connectivity index (χ1) is 18.5. The summed E-state index contributed by atoms with van der Waals surface area (Å²) in [6.45, 7) is 10.8. The van der Waals surface area contributed by atoms with E-state index in [0.717, 1.165) is 11.1 Å². The largest absolute Gasteiger partial charge is 0.488 e. The lowest BCUT2D eigenvalue weighted by Gasteiger charge is -2.44. The Morgan fingerprint density at radius 3 is 2.02 bits per heavy atom. The van der Waals surface area contributed by atoms with E-state index < -0.39 is 41.3 Å². The number of carbonyl (C=O) groups excluding carboxylic acids is 1. The van der Waals surface area contributed by atoms with Crippen molar-refractivity contribution in [1.82, 2.24) is 9.80 Å². The van der Waals surface area contributed by atoms with Gasteiger partial charge < -0.3 is 14.4 Å². The third-order valence-corrected chi connectivity index (χ3v) is 6.99. The SMILES string of the molecule is C=C(OC1CCc2ccccc2C1N1CCN(C(=O)OC(C)(C)C)CC1)c1cc(C(F)(F)F)cc(C(F)(F)F)c1. The van der Waals surface area contributed by atoms with E-state index in [1.165, 1.54) is 0 Å². The molecule has 0 spiro atoms. The number of alkyl halides is 6. The molecule has 0 bridgehead atoms. The first-order valence-corrected chi connectivity index (χ1v) is 13.0. The number of aryl methyl sites for hydroxylation is 1. The lowest BCUT2D eigenvalue weighted by atomic mass is 9.84. The number of rotatable bonds is 4. The summed E-state index contributed by atoms with van der Waals surface area (Å²) in [5.74, 6) is -0.265. The quantitative estimate of drug-likeness (QED) is 0.285. The van der Waals surface area contributed by atoms with Crippen LogP contribution in [-0.2, 0) is 28.2 Å². The summed E-state index contributed by atoms with van der Waals surface area (Å²) in [6, 6.07) is 8.74. The van der Waals surface area contributed by atoms with Gasteiger partial charge in [-0.25, -0.2) is 4.79 Å². The molecule has 1 aliphatic carbocycles. The minimum absolute atomic E-state index is 0.0839. The molecule has 40 heavy (non-hydrogen) atoms. The zero-order chi connectivity index (χ0) is 29.5. The van der Waals surface area contributed by atoms with Gasteiger partial charge in [0, 0.05) is 31.7 Å². The fourth-order valence-electron chi connectivity index (χ4n) is 5.14. The molecule has 2 aromatic carbocycles. The minimum atomic E-state index is -4.98. The molecule has 1 saturated heterocycles. The molecule has 1 heterocycles. The van der Waals surface area contributed by atoms with E-state index in [4.69, 9.17) is 9.47 Å². The molecule has 2 atom stereocenters. The summed E-state index contributed by atoms with van der Waals surface area (Å²) in [5, 5.41) is 0. The van der Waals surface area contributed by atoms with Gasteiger partial charge in [0.15, 0.2) is 0 Å². The highest BCUT2D eigenvalue weighted by Gasteiger charge is 2.40. The number of hydrogen-bond acceptors (Lipinski definition) is 4. The Labute approximate surface area is 229 Å². The van der Waals surface area contributed by atoms with Crippen LogP contribution in [0.1, 0.15) is 61.1 Å². The Morgan fingerprint density at radius 2 is 1.48 bits per heavy atom. The molecule has 0 aromatic heterocycles. The molecule has 11 heteroatoms. The molecule has 1 aliphatic heterocycles. The van der Waals surface area contributed by atoms with E-state index in [1.54, 1.807) is 25.7 Å². The van der Waals surface area contributed by atoms with Crippen LogP contribution in [0.25, 0.3) is 5.76 Å². The van der Waals surface area contributed by atoms with Crippen LogP contribution in [0.4, 0.5) is 31.1 Å². The molecular weight excluding hydrogens is 538 g/mol. The van der Waals surface area contributed by atoms with Crippen LogP contribution in [0.5, 0.6) is 0 Å². The molecule has 1 fully saturated rings. The van der Waals surface area contributed by atoms with Gasteiger partial charge in [-0.1, -0.05) is 30.8 Å². The van der Waals surface area contributed by atoms with Crippen molar-refractivity contribution >= 4 is 11.9 Å². The van der Waals surface area contributed by atoms with Gasteiger partial charge in [-0.15, -0.1) is 0 Å². The van der Waals surface area contributed by atoms with Gasteiger partial charge in [0.1, 0.15) is 17.5 Å². The number of carbonyl (C=O) groups is 1. The van der Waals surface area contributed by atoms with E-state index in [1.807, 2.05) is 24.3 Å². The van der Waals surface area contributed by atoms with Gasteiger partial charge in [0.2, 0.25) is 0 Å². The van der Waals surface area contributed by atoms with Crippen molar-refractivity contribution in [2.45, 2.75) is 63.7 Å². The fraction of sp³-hybridized carbons (Fsp3) is 0.483. The van der Waals surface area contributed by atoms with E-state index in [-0.39, 0.29) is 23.4 Å². The predicted molar refractivity (Wildman–Crippen MR) is 137 cm³/mol. The average Bonchev–Trinajstić information content (AvgIpc) is 2.86. The number of benzene rings is 2. The molecule has 4 rings (SSSR count). The summed E-state index contributed by atoms with van der Waals surface area (Å²) in [7, 11) is 0. The molecule has 2 unspecified atom stereocenters. The third kappa shape index (κ3) is 6.92. The molecule has 2 aromatic rings. The smallest absolute Gasteiger partial charge is 0.416 e. The van der Waals surface area contributed by atoms with Gasteiger partial charge in [0.05, 0.1) is 17.2 Å². The van der Waals surface area contributed by atoms with Crippen molar-refractivity contribution < 1.29 is 40.6 Å². The van der Waals surface area contributed by atoms with Gasteiger partial charge >= 0.3 is 18.4 Å². The predicted octanol–water partition coefficient (Wildman–Crippen LogP) is 7.32. The normalized spacial score (nSPS) is 20.6. The summed E-state index contributed by atoms with van der Waals surface area (Å²) >= 11 is 0. The van der Waals surface area contributed by atoms with Crippen molar-refractivity contribution in [3.63, 3.8) is 0 Å². The van der Waals surface area contributed by atoms with Crippen molar-refractivity contribution in [2.24, 2.45) is 0 Å². The summed E-state index contributed by atoms with van der Waals surface area (Å²) in [4.78, 5) is 16.3. The number of amides is 1. The highest BCUT2D eigenvalue weighted by molar-refractivity contribution is 5.68. The average molecular weight is 571 g/mol. The lowest BCUT2D eigenvalue weighted by Crippen LogP contribution is -2.53. The van der Waals surface area contributed by atoms with Crippen molar-refractivity contribution in [3.05, 3.63) is 76.9 Å². The third-order valence-electron chi connectivity index (χ3n) is 6.99. The van der Waals surface area contributed by atoms with Crippen molar-refractivity contribution in [1.29, 1.82) is 0 Å². The topological polar surface area (TPSA) is 42.0 Å². The van der Waals surface area contributed by atoms with Crippen LogP contribution >= 0.6 is 0 Å². The van der Waals surface area contributed by atoms with E-state index >= 15 is 0 Å². The number of nitrogens with zero attached hydrogens (tertiary/aromatic N) is 2. The molecule has 0 saturated carbocycles. The van der Waals surface area contributed by atoms with Crippen LogP contribution in [0, 0.1) is 0 Å². The van der Waals surface area contributed by atoms with Crippen molar-refractivity contribution in [3.8, 4) is 0 Å². The van der Waals surface area contributed by atoms with Gasteiger partial charge in [-0.2, -0.15) is 26.3 Å². The maximum Gasteiger partial charge on any atom is 0.416 e. The molecule has 5 nitrogen and oxygen atoms in total. The Balaban J connectivity index is 1.58. The summed E-state index contributed by atoms with van der Waals surface area (Å²) in [5.41, 5.74) is -1.81. The first kappa shape index (κ1) is 29.8. The van der Waals surface area contributed by atoms with Gasteiger partial charge in [-0.05, 0) is 62.9 Å². The van der Waals surface area contributed by atoms with Gasteiger partial charge in [-0.3, -0.25) is 4.90 Å². The number of halogens is 6. The Hall–Kier alpha value is -3.21. The van der Waals surface area contributed by atoms with Crippen LogP contribution in [-0.4, -0.2) is 53.8 Å². The Kier molecular flexibility index (Phi) is 8.18. The molecule has 218 valence electrons. The highest BCUT2D eigenvalue weighted by Crippen LogP contribution is 2.41. The number of piperazine rings is 1. The molecule has 0 radical (unpaired) electrons. The van der Waals surface area contributed by atoms with Crippen molar-refractivity contribution in [2.75, 3.05) is 26.2 Å². The Morgan fingerprint density at radius 1 is 0.900 bits per heavy atom. The lowest BCUT2D eigenvalue weighted by molar-refractivity contribution is -0.143. The number of ether oxygens (including phenoxy) is 2. The Bertz CT molecular complexity index is 1210. The maximum atomic E-state index is 13.4. The number of fused-ring (bicyclic) bond motifs is 1. The van der Waals surface area contributed by atoms with Crippen LogP contribution < -0.4 is 0 Å². The first-order valence-electron chi connectivity index (χ1n) is 13.0. The minimum Gasteiger partial charge on any atom is -0.488 e. The molecular formula is C29H32F6N2O3. The maximum absolute atomic E-state index is 13.4. The standard InChI is InChI=1S/C29H32F6N2O3/c1-18(20-15-21(28(30,31)32)17-22(16-20)29(33,34)35)39-24-10-9-19-7-5-6-8-23(19)25(24)36-11-13-37(14-12-36)26(38)40-27(2,3)4/h5-8,15-17,24-25H,1,9-14H2,2-4H3. The molecule has 1 amide bonds. The van der Waals surface area contributed by atoms with Crippen LogP contribution in [0.3, 0.4) is 0 Å². The second-order valence-electron chi connectivity index (χ2n) is 11.1. The van der Waals surface area contributed by atoms with E-state index in [0.29, 0.717) is 51.2 Å². The zero-order valence-electron chi connectivity index (χ0n) is 22.5. The second-order valence-corrected chi connectivity index (χ2v) is 11.1. The fourth-order valence-corrected chi connectivity index (χ4v) is 5.14. The molecule has 0 N–H and O–H groups in total. The molecule has 2 aliphatic rings. The zero-order valence-corrected chi connectivity index (χ0v) is 22.5. The summed E-state index contributed by atoms with van der Waals surface area (Å²) < 4.78 is 92.1. The van der Waals surface area contributed by atoms with E-state index in [2.05, 4.69) is 11.5 Å². The van der Waals surface area contributed by atoms with E-state index in [9.17, 15) is 31.1 Å². The number of hydrogen-bond donors (Lipinski definition) is 0. The van der Waals surface area contributed by atoms with Crippen LogP contribution in [0.2, 0.25) is 0 Å². The van der Waals surface area contributed by atoms with Gasteiger partial charge in [0.25, 0.3) is 0 Å². The summed E-state index contributed by atoms with van der Waals surface area (Å²) in [6.07, 6.45) is -9.84.